The number of nitrogens with zero attached hydrogens (tertiary/aromatic N) is 2. The number of esters is 1. The summed E-state index contributed by atoms with van der Waals surface area (Å²) in [5.41, 5.74) is 0.814. The van der Waals surface area contributed by atoms with Crippen molar-refractivity contribution < 1.29 is 9.53 Å². The Kier molecular flexibility index (Phi) is 4.60. The van der Waals surface area contributed by atoms with Gasteiger partial charge in [0.05, 0.1) is 12.7 Å². The second-order valence-electron chi connectivity index (χ2n) is 5.89. The van der Waals surface area contributed by atoms with Crippen LogP contribution in [0.25, 0.3) is 0 Å². The lowest BCUT2D eigenvalue weighted by atomic mass is 9.80. The van der Waals surface area contributed by atoms with Gasteiger partial charge in [-0.3, -0.25) is 0 Å². The standard InChI is InChI=1S/C15H23N3O2/c1-15(5-8-18(2)9-6-15)11-17-13-10-12(4-7-16-13)14(19)20-3/h4,7,10H,5-6,8-9,11H2,1-3H3,(H,16,17). The number of carbonyl (C=O) groups is 1. The number of ether oxygens (including phenoxy) is 1. The highest BCUT2D eigenvalue weighted by Gasteiger charge is 2.28. The normalized spacial score (nSPS) is 18.6. The Morgan fingerprint density at radius 1 is 1.50 bits per heavy atom. The SMILES string of the molecule is COC(=O)c1ccnc(NCC2(C)CCN(C)CC2)c1. The van der Waals surface area contributed by atoms with E-state index in [-0.39, 0.29) is 11.4 Å². The van der Waals surface area contributed by atoms with Crippen LogP contribution in [0, 0.1) is 5.41 Å². The summed E-state index contributed by atoms with van der Waals surface area (Å²) >= 11 is 0. The molecule has 110 valence electrons. The van der Waals surface area contributed by atoms with E-state index in [0.29, 0.717) is 5.56 Å². The lowest BCUT2D eigenvalue weighted by molar-refractivity contribution is 0.0600. The molecule has 2 rings (SSSR count). The van der Waals surface area contributed by atoms with Crippen LogP contribution in [0.3, 0.4) is 0 Å². The Hall–Kier alpha value is -1.62. The fourth-order valence-electron chi connectivity index (χ4n) is 2.41. The molecule has 0 unspecified atom stereocenters. The van der Waals surface area contributed by atoms with Gasteiger partial charge in [-0.2, -0.15) is 0 Å². The molecule has 5 heteroatoms. The van der Waals surface area contributed by atoms with Crippen molar-refractivity contribution in [1.29, 1.82) is 0 Å². The fraction of sp³-hybridized carbons (Fsp3) is 0.600. The zero-order valence-corrected chi connectivity index (χ0v) is 12.5. The highest BCUT2D eigenvalue weighted by molar-refractivity contribution is 5.89. The molecule has 20 heavy (non-hydrogen) atoms. The van der Waals surface area contributed by atoms with Gasteiger partial charge >= 0.3 is 5.97 Å². The molecule has 2 heterocycles. The minimum atomic E-state index is -0.332. The van der Waals surface area contributed by atoms with Gasteiger partial charge in [0.1, 0.15) is 5.82 Å². The van der Waals surface area contributed by atoms with Crippen molar-refractivity contribution >= 4 is 11.8 Å². The van der Waals surface area contributed by atoms with Crippen molar-refractivity contribution in [2.75, 3.05) is 39.1 Å². The van der Waals surface area contributed by atoms with Crippen molar-refractivity contribution in [2.45, 2.75) is 19.8 Å². The Balaban J connectivity index is 1.95. The van der Waals surface area contributed by atoms with Crippen LogP contribution in [-0.4, -0.2) is 49.6 Å². The molecule has 0 aliphatic carbocycles. The molecule has 1 aromatic heterocycles. The van der Waals surface area contributed by atoms with Crippen LogP contribution in [0.15, 0.2) is 18.3 Å². The summed E-state index contributed by atoms with van der Waals surface area (Å²) in [6, 6.07) is 3.40. The maximum Gasteiger partial charge on any atom is 0.338 e. The van der Waals surface area contributed by atoms with E-state index in [2.05, 4.69) is 29.2 Å². The lowest BCUT2D eigenvalue weighted by Gasteiger charge is -2.38. The number of nitrogens with one attached hydrogen (secondary N) is 1. The van der Waals surface area contributed by atoms with Gasteiger partial charge in [-0.15, -0.1) is 0 Å². The van der Waals surface area contributed by atoms with Crippen LogP contribution in [-0.2, 0) is 4.74 Å². The Morgan fingerprint density at radius 2 is 2.20 bits per heavy atom. The summed E-state index contributed by atoms with van der Waals surface area (Å²) in [4.78, 5) is 18.1. The van der Waals surface area contributed by atoms with Crippen molar-refractivity contribution in [1.82, 2.24) is 9.88 Å². The Labute approximate surface area is 120 Å². The van der Waals surface area contributed by atoms with E-state index in [1.807, 2.05) is 0 Å². The molecule has 5 nitrogen and oxygen atoms in total. The predicted octanol–water partition coefficient (Wildman–Crippen LogP) is 2.01. The Morgan fingerprint density at radius 3 is 2.85 bits per heavy atom. The number of pyridine rings is 1. The first-order chi connectivity index (χ1) is 9.52. The Bertz CT molecular complexity index is 468. The quantitative estimate of drug-likeness (QED) is 0.853. The second kappa shape index (κ2) is 6.22. The number of anilines is 1. The maximum absolute atomic E-state index is 11.5. The summed E-state index contributed by atoms with van der Waals surface area (Å²) < 4.78 is 4.72. The number of aromatic nitrogens is 1. The van der Waals surface area contributed by atoms with Gasteiger partial charge in [0, 0.05) is 12.7 Å². The van der Waals surface area contributed by atoms with E-state index >= 15 is 0 Å². The summed E-state index contributed by atoms with van der Waals surface area (Å²) in [6.45, 7) is 5.44. The highest BCUT2D eigenvalue weighted by atomic mass is 16.5. The number of methoxy groups -OCH3 is 1. The molecular formula is C15H23N3O2. The third-order valence-electron chi connectivity index (χ3n) is 4.07. The number of hydrogen-bond acceptors (Lipinski definition) is 5. The molecule has 1 aliphatic rings. The second-order valence-corrected chi connectivity index (χ2v) is 5.89. The first-order valence-corrected chi connectivity index (χ1v) is 6.99. The lowest BCUT2D eigenvalue weighted by Crippen LogP contribution is -2.40. The fourth-order valence-corrected chi connectivity index (χ4v) is 2.41. The number of piperidine rings is 1. The predicted molar refractivity (Wildman–Crippen MR) is 78.9 cm³/mol. The van der Waals surface area contributed by atoms with Gasteiger partial charge in [0.2, 0.25) is 0 Å². The van der Waals surface area contributed by atoms with Gasteiger partial charge < -0.3 is 15.0 Å². The number of hydrogen-bond donors (Lipinski definition) is 1. The zero-order chi connectivity index (χ0) is 14.6. The first kappa shape index (κ1) is 14.8. The minimum Gasteiger partial charge on any atom is -0.465 e. The van der Waals surface area contributed by atoms with E-state index < -0.39 is 0 Å². The van der Waals surface area contributed by atoms with Gasteiger partial charge in [0.25, 0.3) is 0 Å². The summed E-state index contributed by atoms with van der Waals surface area (Å²) in [6.07, 6.45) is 3.98. The van der Waals surface area contributed by atoms with Gasteiger partial charge in [-0.1, -0.05) is 6.92 Å². The molecule has 0 saturated carbocycles. The molecular weight excluding hydrogens is 254 g/mol. The van der Waals surface area contributed by atoms with Crippen LogP contribution in [0.5, 0.6) is 0 Å². The maximum atomic E-state index is 11.5. The van der Waals surface area contributed by atoms with Crippen LogP contribution in [0.1, 0.15) is 30.1 Å². The third kappa shape index (κ3) is 3.70. The monoisotopic (exact) mass is 277 g/mol. The van der Waals surface area contributed by atoms with Gasteiger partial charge in [-0.25, -0.2) is 9.78 Å². The van der Waals surface area contributed by atoms with Crippen LogP contribution in [0.2, 0.25) is 0 Å². The summed E-state index contributed by atoms with van der Waals surface area (Å²) in [5, 5.41) is 3.35. The van der Waals surface area contributed by atoms with Crippen molar-refractivity contribution in [2.24, 2.45) is 5.41 Å². The van der Waals surface area contributed by atoms with Crippen LogP contribution >= 0.6 is 0 Å². The molecule has 1 fully saturated rings. The van der Waals surface area contributed by atoms with E-state index in [1.165, 1.54) is 20.0 Å². The molecule has 1 N–H and O–H groups in total. The number of likely N-dealkylation sites (tertiary alicyclic amines) is 1. The molecule has 0 amide bonds. The van der Waals surface area contributed by atoms with Crippen molar-refractivity contribution in [3.63, 3.8) is 0 Å². The van der Waals surface area contributed by atoms with Gasteiger partial charge in [-0.05, 0) is 50.5 Å². The third-order valence-corrected chi connectivity index (χ3v) is 4.07. The summed E-state index contributed by atoms with van der Waals surface area (Å²) in [5.74, 6) is 0.397. The van der Waals surface area contributed by atoms with E-state index in [4.69, 9.17) is 4.74 Å². The molecule has 1 saturated heterocycles. The van der Waals surface area contributed by atoms with Gasteiger partial charge in [0.15, 0.2) is 0 Å². The smallest absolute Gasteiger partial charge is 0.338 e. The average molecular weight is 277 g/mol. The van der Waals surface area contributed by atoms with Crippen molar-refractivity contribution in [3.8, 4) is 0 Å². The molecule has 1 aliphatic heterocycles. The number of carbonyl (C=O) groups excluding carboxylic acids is 1. The zero-order valence-electron chi connectivity index (χ0n) is 12.5. The molecule has 0 bridgehead atoms. The summed E-state index contributed by atoms with van der Waals surface area (Å²) in [7, 11) is 3.55. The molecule has 0 aromatic carbocycles. The van der Waals surface area contributed by atoms with E-state index in [0.717, 1.165) is 25.5 Å². The van der Waals surface area contributed by atoms with Crippen molar-refractivity contribution in [3.05, 3.63) is 23.9 Å². The topological polar surface area (TPSA) is 54.5 Å². The molecule has 0 spiro atoms. The molecule has 0 radical (unpaired) electrons. The number of rotatable bonds is 4. The highest BCUT2D eigenvalue weighted by Crippen LogP contribution is 2.30. The van der Waals surface area contributed by atoms with Crippen LogP contribution < -0.4 is 5.32 Å². The molecule has 0 atom stereocenters. The van der Waals surface area contributed by atoms with Crippen LogP contribution in [0.4, 0.5) is 5.82 Å². The van der Waals surface area contributed by atoms with E-state index in [9.17, 15) is 4.79 Å². The van der Waals surface area contributed by atoms with E-state index in [1.54, 1.807) is 18.3 Å². The minimum absolute atomic E-state index is 0.287. The average Bonchev–Trinajstić information content (AvgIpc) is 2.48. The largest absolute Gasteiger partial charge is 0.465 e. The molecule has 1 aromatic rings. The first-order valence-electron chi connectivity index (χ1n) is 6.99.